The summed E-state index contributed by atoms with van der Waals surface area (Å²) in [5.74, 6) is -0.195. The zero-order valence-electron chi connectivity index (χ0n) is 24.0. The molecule has 2 aromatic heterocycles. The molecule has 0 radical (unpaired) electrons. The first-order valence-electron chi connectivity index (χ1n) is 14.6. The minimum absolute atomic E-state index is 0.159. The summed E-state index contributed by atoms with van der Waals surface area (Å²) in [6, 6.07) is 8.47. The van der Waals surface area contributed by atoms with Gasteiger partial charge in [-0.05, 0) is 62.1 Å². The summed E-state index contributed by atoms with van der Waals surface area (Å²) in [7, 11) is 2.14. The van der Waals surface area contributed by atoms with E-state index in [9.17, 15) is 9.59 Å². The summed E-state index contributed by atoms with van der Waals surface area (Å²) in [6.07, 6.45) is 10.0. The number of hydrogen-bond acceptors (Lipinski definition) is 6. The highest BCUT2D eigenvalue weighted by Gasteiger charge is 2.21. The fourth-order valence-electron chi connectivity index (χ4n) is 5.87. The predicted molar refractivity (Wildman–Crippen MR) is 158 cm³/mol. The van der Waals surface area contributed by atoms with E-state index in [4.69, 9.17) is 4.74 Å². The molecule has 0 unspecified atom stereocenters. The van der Waals surface area contributed by atoms with E-state index in [0.717, 1.165) is 80.3 Å². The van der Waals surface area contributed by atoms with Crippen molar-refractivity contribution in [2.45, 2.75) is 65.1 Å². The molecule has 2 fully saturated rings. The Bertz CT molecular complexity index is 1370. The van der Waals surface area contributed by atoms with Crippen molar-refractivity contribution < 1.29 is 9.53 Å². The van der Waals surface area contributed by atoms with Crippen molar-refractivity contribution in [3.05, 3.63) is 69.4 Å². The Balaban J connectivity index is 1.37. The molecule has 1 amide bonds. The molecule has 9 heteroatoms. The van der Waals surface area contributed by atoms with Gasteiger partial charge in [0.15, 0.2) is 0 Å². The molecule has 1 aliphatic carbocycles. The molecule has 0 atom stereocenters. The van der Waals surface area contributed by atoms with Crippen LogP contribution in [0.5, 0.6) is 0 Å². The highest BCUT2D eigenvalue weighted by Crippen LogP contribution is 2.31. The molecule has 2 N–H and O–H groups in total. The lowest BCUT2D eigenvalue weighted by molar-refractivity contribution is 0.0360. The van der Waals surface area contributed by atoms with Crippen molar-refractivity contribution in [1.29, 1.82) is 0 Å². The fourth-order valence-corrected chi connectivity index (χ4v) is 5.87. The van der Waals surface area contributed by atoms with E-state index in [1.54, 1.807) is 0 Å². The normalized spacial score (nSPS) is 16.7. The minimum Gasteiger partial charge on any atom is -0.379 e. The summed E-state index contributed by atoms with van der Waals surface area (Å²) in [5.41, 5.74) is 5.67. The number of aromatic nitrogens is 3. The average Bonchev–Trinajstić information content (AvgIpc) is 3.45. The van der Waals surface area contributed by atoms with Crippen LogP contribution in [0.4, 0.5) is 5.69 Å². The maximum absolute atomic E-state index is 13.4. The molecule has 3 aromatic rings. The summed E-state index contributed by atoms with van der Waals surface area (Å²) in [5, 5.41) is 7.61. The van der Waals surface area contributed by atoms with Crippen LogP contribution in [0.1, 0.15) is 59.3 Å². The van der Waals surface area contributed by atoms with Crippen molar-refractivity contribution in [1.82, 2.24) is 25.0 Å². The van der Waals surface area contributed by atoms with Gasteiger partial charge in [0.2, 0.25) is 0 Å². The Morgan fingerprint density at radius 2 is 1.85 bits per heavy atom. The molecule has 0 bridgehead atoms. The lowest BCUT2D eigenvalue weighted by Crippen LogP contribution is -2.38. The Morgan fingerprint density at radius 3 is 2.60 bits per heavy atom. The van der Waals surface area contributed by atoms with Crippen LogP contribution in [0, 0.1) is 13.8 Å². The Hall–Kier alpha value is -3.43. The molecule has 5 rings (SSSR count). The van der Waals surface area contributed by atoms with Gasteiger partial charge in [0.05, 0.1) is 26.0 Å². The van der Waals surface area contributed by atoms with Crippen LogP contribution >= 0.6 is 0 Å². The average molecular weight is 547 g/mol. The number of nitrogens with zero attached hydrogens (tertiary/aromatic N) is 4. The van der Waals surface area contributed by atoms with E-state index in [0.29, 0.717) is 17.2 Å². The van der Waals surface area contributed by atoms with Gasteiger partial charge in [-0.25, -0.2) is 0 Å². The quantitative estimate of drug-likeness (QED) is 0.423. The first-order valence-corrected chi connectivity index (χ1v) is 14.6. The number of carbonyl (C=O) groups is 1. The number of pyridine rings is 1. The number of ether oxygens (including phenoxy) is 1. The number of benzene rings is 1. The van der Waals surface area contributed by atoms with Crippen LogP contribution in [-0.4, -0.2) is 71.5 Å². The SMILES string of the molecule is Cc1cc(C)c(CNC(=O)c2cc(-c3cnn(CCN4CCOCC4)c3)cc(N(C)C3CCCCC3)c2)c(=O)[nH]1. The van der Waals surface area contributed by atoms with Gasteiger partial charge < -0.3 is 19.9 Å². The predicted octanol–water partition coefficient (Wildman–Crippen LogP) is 3.89. The van der Waals surface area contributed by atoms with E-state index in [-0.39, 0.29) is 18.0 Å². The summed E-state index contributed by atoms with van der Waals surface area (Å²) >= 11 is 0. The first-order chi connectivity index (χ1) is 19.4. The van der Waals surface area contributed by atoms with Gasteiger partial charge in [0.1, 0.15) is 0 Å². The minimum atomic E-state index is -0.195. The maximum Gasteiger partial charge on any atom is 0.253 e. The largest absolute Gasteiger partial charge is 0.379 e. The topological polar surface area (TPSA) is 95.5 Å². The van der Waals surface area contributed by atoms with E-state index >= 15 is 0 Å². The number of aromatic amines is 1. The van der Waals surface area contributed by atoms with E-state index in [1.165, 1.54) is 19.3 Å². The first kappa shape index (κ1) is 28.1. The van der Waals surface area contributed by atoms with E-state index in [1.807, 2.05) is 42.9 Å². The third-order valence-corrected chi connectivity index (χ3v) is 8.34. The van der Waals surface area contributed by atoms with Gasteiger partial charge in [-0.1, -0.05) is 19.3 Å². The second kappa shape index (κ2) is 12.8. The smallest absolute Gasteiger partial charge is 0.253 e. The molecule has 1 aliphatic heterocycles. The highest BCUT2D eigenvalue weighted by molar-refractivity contribution is 5.96. The molecule has 40 heavy (non-hydrogen) atoms. The van der Waals surface area contributed by atoms with Gasteiger partial charge in [-0.2, -0.15) is 5.10 Å². The molecule has 2 aliphatic rings. The van der Waals surface area contributed by atoms with Crippen LogP contribution in [0.25, 0.3) is 11.1 Å². The zero-order chi connectivity index (χ0) is 28.1. The lowest BCUT2D eigenvalue weighted by Gasteiger charge is -2.33. The Kier molecular flexibility index (Phi) is 9.01. The third-order valence-electron chi connectivity index (χ3n) is 8.34. The maximum atomic E-state index is 13.4. The van der Waals surface area contributed by atoms with Crippen LogP contribution in [0.2, 0.25) is 0 Å². The summed E-state index contributed by atoms with van der Waals surface area (Å²) < 4.78 is 7.44. The second-order valence-electron chi connectivity index (χ2n) is 11.2. The molecular formula is C31H42N6O3. The van der Waals surface area contributed by atoms with E-state index in [2.05, 4.69) is 44.5 Å². The molecule has 1 saturated carbocycles. The Morgan fingerprint density at radius 1 is 1.07 bits per heavy atom. The molecule has 1 saturated heterocycles. The number of amides is 1. The third kappa shape index (κ3) is 6.82. The number of rotatable bonds is 9. The summed E-state index contributed by atoms with van der Waals surface area (Å²) in [4.78, 5) is 33.5. The van der Waals surface area contributed by atoms with Crippen LogP contribution in [0.15, 0.2) is 41.5 Å². The monoisotopic (exact) mass is 546 g/mol. The molecule has 0 spiro atoms. The standard InChI is InChI=1S/C31H42N6O3/c1-22-15-23(2)34-31(39)29(22)20-32-30(38)25-16-24(17-28(18-25)35(3)27-7-5-4-6-8-27)26-19-33-37(21-26)10-9-36-11-13-40-14-12-36/h15-19,21,27H,4-14,20H2,1-3H3,(H,32,38)(H,34,39). The number of anilines is 1. The highest BCUT2D eigenvalue weighted by atomic mass is 16.5. The molecular weight excluding hydrogens is 504 g/mol. The van der Waals surface area contributed by atoms with E-state index < -0.39 is 0 Å². The van der Waals surface area contributed by atoms with Gasteiger partial charge in [-0.3, -0.25) is 19.2 Å². The number of H-pyrrole nitrogens is 1. The van der Waals surface area contributed by atoms with Crippen LogP contribution in [0.3, 0.4) is 0 Å². The van der Waals surface area contributed by atoms with Gasteiger partial charge in [-0.15, -0.1) is 0 Å². The zero-order valence-corrected chi connectivity index (χ0v) is 24.0. The molecule has 9 nitrogen and oxygen atoms in total. The van der Waals surface area contributed by atoms with Crippen molar-refractivity contribution >= 4 is 11.6 Å². The molecule has 3 heterocycles. The van der Waals surface area contributed by atoms with Gasteiger partial charge in [0, 0.05) is 73.5 Å². The number of nitrogens with one attached hydrogen (secondary N) is 2. The van der Waals surface area contributed by atoms with Crippen LogP contribution < -0.4 is 15.8 Å². The van der Waals surface area contributed by atoms with Gasteiger partial charge >= 0.3 is 0 Å². The van der Waals surface area contributed by atoms with Crippen molar-refractivity contribution in [3.63, 3.8) is 0 Å². The summed E-state index contributed by atoms with van der Waals surface area (Å²) in [6.45, 7) is 9.15. The number of hydrogen-bond donors (Lipinski definition) is 2. The van der Waals surface area contributed by atoms with Crippen molar-refractivity contribution in [3.8, 4) is 11.1 Å². The number of carbonyl (C=O) groups excluding carboxylic acids is 1. The molecule has 1 aromatic carbocycles. The van der Waals surface area contributed by atoms with Crippen molar-refractivity contribution in [2.75, 3.05) is 44.8 Å². The molecule has 214 valence electrons. The van der Waals surface area contributed by atoms with Gasteiger partial charge in [0.25, 0.3) is 11.5 Å². The Labute approximate surface area is 236 Å². The second-order valence-corrected chi connectivity index (χ2v) is 11.2. The lowest BCUT2D eigenvalue weighted by atomic mass is 9.93. The fraction of sp³-hybridized carbons (Fsp3) is 0.516. The number of morpholine rings is 1. The van der Waals surface area contributed by atoms with Crippen molar-refractivity contribution in [2.24, 2.45) is 0 Å². The number of aryl methyl sites for hydroxylation is 2. The van der Waals surface area contributed by atoms with Crippen LogP contribution in [-0.2, 0) is 17.8 Å².